The second kappa shape index (κ2) is 6.73. The zero-order valence-electron chi connectivity index (χ0n) is 17.0. The Labute approximate surface area is 160 Å². The van der Waals surface area contributed by atoms with Gasteiger partial charge < -0.3 is 19.7 Å². The monoisotopic (exact) mass is 378 g/mol. The molecule has 2 amide bonds. The summed E-state index contributed by atoms with van der Waals surface area (Å²) >= 11 is 0. The highest BCUT2D eigenvalue weighted by Gasteiger charge is 2.61. The molecule has 0 radical (unpaired) electrons. The van der Waals surface area contributed by atoms with Crippen LogP contribution in [-0.4, -0.2) is 57.5 Å². The number of fused-ring (bicyclic) bond motifs is 1. The van der Waals surface area contributed by atoms with Crippen LogP contribution in [0.1, 0.15) is 34.6 Å². The van der Waals surface area contributed by atoms with Crippen LogP contribution in [0.4, 0.5) is 4.79 Å². The number of aromatic nitrogens is 2. The number of aryl methyl sites for hydroxylation is 1. The Morgan fingerprint density at radius 1 is 1.22 bits per heavy atom. The highest BCUT2D eigenvalue weighted by Crippen LogP contribution is 2.52. The number of likely N-dealkylation sites (tertiary alicyclic amines) is 1. The van der Waals surface area contributed by atoms with Crippen molar-refractivity contribution in [3.63, 3.8) is 0 Å². The average molecular weight is 378 g/mol. The second-order valence-corrected chi connectivity index (χ2v) is 9.19. The molecule has 1 aliphatic carbocycles. The smallest absolute Gasteiger partial charge is 0.410 e. The van der Waals surface area contributed by atoms with Gasteiger partial charge in [-0.1, -0.05) is 0 Å². The Morgan fingerprint density at radius 3 is 2.37 bits per heavy atom. The van der Waals surface area contributed by atoms with Gasteiger partial charge in [-0.05, 0) is 46.5 Å². The van der Waals surface area contributed by atoms with Gasteiger partial charge in [-0.3, -0.25) is 4.79 Å². The number of hydrogen-bond acceptors (Lipinski definition) is 5. The fourth-order valence-electron chi connectivity index (χ4n) is 3.60. The number of amides is 2. The van der Waals surface area contributed by atoms with Gasteiger partial charge in [-0.2, -0.15) is 5.10 Å². The summed E-state index contributed by atoms with van der Waals surface area (Å²) in [7, 11) is 1.81. The lowest BCUT2D eigenvalue weighted by molar-refractivity contribution is -0.125. The Balaban J connectivity index is 1.45. The summed E-state index contributed by atoms with van der Waals surface area (Å²) < 4.78 is 12.8. The average Bonchev–Trinajstić information content (AvgIpc) is 2.86. The van der Waals surface area contributed by atoms with Crippen LogP contribution in [0.25, 0.3) is 0 Å². The van der Waals surface area contributed by atoms with Gasteiger partial charge in [0.2, 0.25) is 11.8 Å². The van der Waals surface area contributed by atoms with Crippen LogP contribution in [0.2, 0.25) is 0 Å². The summed E-state index contributed by atoms with van der Waals surface area (Å²) in [6.07, 6.45) is 1.38. The van der Waals surface area contributed by atoms with Gasteiger partial charge in [0, 0.05) is 32.1 Å². The molecule has 1 saturated heterocycles. The van der Waals surface area contributed by atoms with Crippen molar-refractivity contribution in [1.29, 1.82) is 0 Å². The molecule has 2 unspecified atom stereocenters. The van der Waals surface area contributed by atoms with E-state index in [1.165, 1.54) is 0 Å². The molecule has 2 aliphatic rings. The molecule has 27 heavy (non-hydrogen) atoms. The number of rotatable bonds is 5. The van der Waals surface area contributed by atoms with Crippen LogP contribution in [0.15, 0.2) is 12.3 Å². The molecule has 1 aromatic rings. The topological polar surface area (TPSA) is 85.7 Å². The zero-order chi connectivity index (χ0) is 20.0. The minimum Gasteiger partial charge on any atom is -0.475 e. The summed E-state index contributed by atoms with van der Waals surface area (Å²) in [6, 6.07) is 1.79. The maximum Gasteiger partial charge on any atom is 0.410 e. The van der Waals surface area contributed by atoms with Gasteiger partial charge in [0.25, 0.3) is 0 Å². The van der Waals surface area contributed by atoms with Crippen molar-refractivity contribution in [2.24, 2.45) is 24.8 Å². The van der Waals surface area contributed by atoms with Crippen LogP contribution in [0.3, 0.4) is 0 Å². The Morgan fingerprint density at radius 2 is 1.85 bits per heavy atom. The number of nitrogens with zero attached hydrogens (tertiary/aromatic N) is 3. The molecular weight excluding hydrogens is 348 g/mol. The normalized spacial score (nSPS) is 24.4. The fraction of sp³-hybridized carbons (Fsp3) is 0.737. The molecule has 0 bridgehead atoms. The van der Waals surface area contributed by atoms with Crippen molar-refractivity contribution in [2.75, 3.05) is 19.7 Å². The van der Waals surface area contributed by atoms with Crippen LogP contribution in [0, 0.1) is 17.8 Å². The first-order valence-corrected chi connectivity index (χ1v) is 9.38. The van der Waals surface area contributed by atoms with E-state index in [9.17, 15) is 9.59 Å². The summed E-state index contributed by atoms with van der Waals surface area (Å²) in [5.41, 5.74) is -0.998. The first kappa shape index (κ1) is 19.5. The van der Waals surface area contributed by atoms with Crippen molar-refractivity contribution < 1.29 is 19.1 Å². The third kappa shape index (κ3) is 4.54. The van der Waals surface area contributed by atoms with Crippen LogP contribution in [0.5, 0.6) is 5.88 Å². The number of nitrogens with one attached hydrogen (secondary N) is 1. The van der Waals surface area contributed by atoms with Crippen molar-refractivity contribution in [3.05, 3.63) is 12.3 Å². The molecule has 2 heterocycles. The van der Waals surface area contributed by atoms with Crippen molar-refractivity contribution in [1.82, 2.24) is 20.0 Å². The molecule has 0 aromatic carbocycles. The number of carbonyl (C=O) groups excluding carboxylic acids is 2. The maximum absolute atomic E-state index is 12.6. The lowest BCUT2D eigenvalue weighted by atomic mass is 10.1. The highest BCUT2D eigenvalue weighted by molar-refractivity contribution is 5.84. The van der Waals surface area contributed by atoms with Gasteiger partial charge in [-0.15, -0.1) is 0 Å². The van der Waals surface area contributed by atoms with Crippen LogP contribution < -0.4 is 10.1 Å². The molecular formula is C19H30N4O4. The van der Waals surface area contributed by atoms with Gasteiger partial charge in [-0.25, -0.2) is 9.48 Å². The van der Waals surface area contributed by atoms with Gasteiger partial charge in [0.15, 0.2) is 0 Å². The van der Waals surface area contributed by atoms with E-state index in [4.69, 9.17) is 9.47 Å². The van der Waals surface area contributed by atoms with E-state index in [1.54, 1.807) is 21.8 Å². The molecule has 1 aliphatic heterocycles. The van der Waals surface area contributed by atoms with Gasteiger partial charge in [0.05, 0.1) is 11.7 Å². The first-order valence-electron chi connectivity index (χ1n) is 9.38. The molecule has 2 fully saturated rings. The minimum absolute atomic E-state index is 0.0281. The highest BCUT2D eigenvalue weighted by atomic mass is 16.6. The first-order chi connectivity index (χ1) is 12.5. The van der Waals surface area contributed by atoms with Crippen LogP contribution >= 0.6 is 0 Å². The summed E-state index contributed by atoms with van der Waals surface area (Å²) in [5, 5.41) is 7.14. The third-order valence-electron chi connectivity index (χ3n) is 4.97. The molecule has 8 nitrogen and oxygen atoms in total. The van der Waals surface area contributed by atoms with Crippen LogP contribution in [-0.2, 0) is 16.6 Å². The zero-order valence-corrected chi connectivity index (χ0v) is 17.0. The Hall–Kier alpha value is -2.25. The number of ether oxygens (including phenoxy) is 2. The molecule has 1 aromatic heterocycles. The number of carbonyl (C=O) groups is 2. The summed E-state index contributed by atoms with van der Waals surface area (Å²) in [5.74, 6) is 1.12. The molecule has 3 rings (SSSR count). The standard InChI is InChI=1S/C19H30N4O4/c1-18(2,3)27-17(25)23-9-12-13(10-23)15(12)16(24)21-19(4,5)11-26-14-7-8-20-22(14)6/h7-8,12-13,15H,9-11H2,1-6H3,(H,21,24)/t12-,13?,15?/m0/s1. The van der Waals surface area contributed by atoms with E-state index in [0.29, 0.717) is 25.6 Å². The maximum atomic E-state index is 12.6. The number of hydrogen-bond donors (Lipinski definition) is 1. The Bertz CT molecular complexity index is 710. The lowest BCUT2D eigenvalue weighted by Gasteiger charge is -2.28. The summed E-state index contributed by atoms with van der Waals surface area (Å²) in [6.45, 7) is 11.0. The predicted octanol–water partition coefficient (Wildman–Crippen LogP) is 1.81. The molecule has 0 spiro atoms. The molecule has 8 heteroatoms. The fourth-order valence-corrected chi connectivity index (χ4v) is 3.60. The molecule has 1 saturated carbocycles. The molecule has 3 atom stereocenters. The van der Waals surface area contributed by atoms with Crippen molar-refractivity contribution in [3.8, 4) is 5.88 Å². The SMILES string of the molecule is Cn1nccc1OCC(C)(C)NC(=O)C1C2CN(C(=O)OC(C)(C)C)C[C@@H]21. The second-order valence-electron chi connectivity index (χ2n) is 9.19. The van der Waals surface area contributed by atoms with E-state index < -0.39 is 11.1 Å². The van der Waals surface area contributed by atoms with E-state index >= 15 is 0 Å². The number of piperidine rings is 1. The van der Waals surface area contributed by atoms with E-state index in [2.05, 4.69) is 10.4 Å². The van der Waals surface area contributed by atoms with E-state index in [1.807, 2.05) is 41.7 Å². The summed E-state index contributed by atoms with van der Waals surface area (Å²) in [4.78, 5) is 26.5. The third-order valence-corrected chi connectivity index (χ3v) is 4.97. The quantitative estimate of drug-likeness (QED) is 0.844. The predicted molar refractivity (Wildman–Crippen MR) is 99.2 cm³/mol. The molecule has 1 N–H and O–H groups in total. The van der Waals surface area contributed by atoms with E-state index in [0.717, 1.165) is 0 Å². The largest absolute Gasteiger partial charge is 0.475 e. The van der Waals surface area contributed by atoms with Gasteiger partial charge >= 0.3 is 6.09 Å². The minimum atomic E-state index is -0.501. The van der Waals surface area contributed by atoms with Crippen molar-refractivity contribution in [2.45, 2.75) is 45.8 Å². The van der Waals surface area contributed by atoms with E-state index in [-0.39, 0.29) is 29.8 Å². The Kier molecular flexibility index (Phi) is 4.86. The lowest BCUT2D eigenvalue weighted by Crippen LogP contribution is -2.49. The molecule has 150 valence electrons. The van der Waals surface area contributed by atoms with Crippen molar-refractivity contribution >= 4 is 12.0 Å². The van der Waals surface area contributed by atoms with Gasteiger partial charge in [0.1, 0.15) is 12.2 Å².